The highest BCUT2D eigenvalue weighted by Gasteiger charge is 2.05. The van der Waals surface area contributed by atoms with Gasteiger partial charge in [0.1, 0.15) is 5.75 Å². The predicted octanol–water partition coefficient (Wildman–Crippen LogP) is 4.48. The molecule has 0 aliphatic rings. The highest BCUT2D eigenvalue weighted by atomic mass is 16.5. The Balaban J connectivity index is 1.70. The Hall–Kier alpha value is -2.78. The molecule has 0 aliphatic carbocycles. The normalized spacial score (nSPS) is 10.3. The third-order valence-corrected chi connectivity index (χ3v) is 3.64. The summed E-state index contributed by atoms with van der Waals surface area (Å²) >= 11 is 0. The van der Waals surface area contributed by atoms with E-state index >= 15 is 0 Å². The van der Waals surface area contributed by atoms with Gasteiger partial charge < -0.3 is 10.2 Å². The summed E-state index contributed by atoms with van der Waals surface area (Å²) in [5, 5.41) is 0. The zero-order chi connectivity index (χ0) is 15.9. The van der Waals surface area contributed by atoms with Crippen molar-refractivity contribution in [3.05, 3.63) is 84.4 Å². The molecule has 0 unspecified atom stereocenters. The van der Waals surface area contributed by atoms with Gasteiger partial charge in [0.15, 0.2) is 0 Å². The summed E-state index contributed by atoms with van der Waals surface area (Å²) in [6.07, 6.45) is 0. The third-order valence-electron chi connectivity index (χ3n) is 3.64. The standard InChI is InChI=1S/C20H20N2O/c1-23-20-13-6-5-12-19(20)17-9-7-8-16(14-17)15-21-22-18-10-3-2-4-11-18/h2-14,21-22H,15H2,1H3. The Kier molecular flexibility index (Phi) is 4.92. The average molecular weight is 304 g/mol. The van der Waals surface area contributed by atoms with Gasteiger partial charge in [0.05, 0.1) is 7.11 Å². The molecule has 0 saturated carbocycles. The Labute approximate surface area is 136 Å². The largest absolute Gasteiger partial charge is 0.496 e. The van der Waals surface area contributed by atoms with Crippen LogP contribution in [-0.2, 0) is 6.54 Å². The molecule has 0 aromatic heterocycles. The van der Waals surface area contributed by atoms with Crippen molar-refractivity contribution in [2.24, 2.45) is 0 Å². The molecule has 0 fully saturated rings. The van der Waals surface area contributed by atoms with Gasteiger partial charge >= 0.3 is 0 Å². The van der Waals surface area contributed by atoms with E-state index in [1.54, 1.807) is 7.11 Å². The van der Waals surface area contributed by atoms with Crippen molar-refractivity contribution >= 4 is 5.69 Å². The molecule has 3 aromatic rings. The van der Waals surface area contributed by atoms with E-state index in [1.807, 2.05) is 48.5 Å². The van der Waals surface area contributed by atoms with E-state index < -0.39 is 0 Å². The second kappa shape index (κ2) is 7.47. The number of anilines is 1. The van der Waals surface area contributed by atoms with Gasteiger partial charge in [0.2, 0.25) is 0 Å². The Morgan fingerprint density at radius 1 is 0.826 bits per heavy atom. The van der Waals surface area contributed by atoms with Crippen LogP contribution in [0.4, 0.5) is 5.69 Å². The van der Waals surface area contributed by atoms with Crippen molar-refractivity contribution in [1.29, 1.82) is 0 Å². The lowest BCUT2D eigenvalue weighted by Crippen LogP contribution is -2.20. The highest BCUT2D eigenvalue weighted by molar-refractivity contribution is 5.70. The van der Waals surface area contributed by atoms with Gasteiger partial charge in [-0.05, 0) is 35.4 Å². The first-order valence-corrected chi connectivity index (χ1v) is 7.63. The first-order valence-electron chi connectivity index (χ1n) is 7.63. The minimum absolute atomic E-state index is 0.734. The summed E-state index contributed by atoms with van der Waals surface area (Å²) in [5.41, 5.74) is 11.0. The number of ether oxygens (including phenoxy) is 1. The molecule has 2 N–H and O–H groups in total. The predicted molar refractivity (Wildman–Crippen MR) is 95.3 cm³/mol. The molecular formula is C20H20N2O. The van der Waals surface area contributed by atoms with E-state index in [-0.39, 0.29) is 0 Å². The lowest BCUT2D eigenvalue weighted by Gasteiger charge is -2.11. The molecule has 0 bridgehead atoms. The summed E-state index contributed by atoms with van der Waals surface area (Å²) in [6, 6.07) is 26.6. The van der Waals surface area contributed by atoms with Crippen molar-refractivity contribution in [1.82, 2.24) is 5.43 Å². The van der Waals surface area contributed by atoms with Crippen LogP contribution in [0.5, 0.6) is 5.75 Å². The quantitative estimate of drug-likeness (QED) is 0.659. The molecule has 0 amide bonds. The first-order chi connectivity index (χ1) is 11.4. The van der Waals surface area contributed by atoms with Crippen LogP contribution in [0.25, 0.3) is 11.1 Å². The molecule has 116 valence electrons. The number of benzene rings is 3. The molecule has 0 saturated heterocycles. The van der Waals surface area contributed by atoms with E-state index in [1.165, 1.54) is 5.56 Å². The molecular weight excluding hydrogens is 284 g/mol. The van der Waals surface area contributed by atoms with Gasteiger partial charge in [0, 0.05) is 17.8 Å². The molecule has 0 atom stereocenters. The van der Waals surface area contributed by atoms with Crippen LogP contribution in [-0.4, -0.2) is 7.11 Å². The maximum Gasteiger partial charge on any atom is 0.126 e. The Morgan fingerprint density at radius 3 is 2.43 bits per heavy atom. The summed E-state index contributed by atoms with van der Waals surface area (Å²) in [7, 11) is 1.70. The van der Waals surface area contributed by atoms with Gasteiger partial charge in [-0.15, -0.1) is 0 Å². The second-order valence-corrected chi connectivity index (χ2v) is 5.25. The number of hydrogen-bond acceptors (Lipinski definition) is 3. The SMILES string of the molecule is COc1ccccc1-c1cccc(CNNc2ccccc2)c1. The number of rotatable bonds is 6. The first kappa shape index (κ1) is 15.1. The summed E-state index contributed by atoms with van der Waals surface area (Å²) in [5.74, 6) is 0.889. The molecule has 3 aromatic carbocycles. The highest BCUT2D eigenvalue weighted by Crippen LogP contribution is 2.29. The monoisotopic (exact) mass is 304 g/mol. The Bertz CT molecular complexity index is 756. The fourth-order valence-corrected chi connectivity index (χ4v) is 2.50. The average Bonchev–Trinajstić information content (AvgIpc) is 2.63. The maximum absolute atomic E-state index is 5.45. The summed E-state index contributed by atoms with van der Waals surface area (Å²) in [6.45, 7) is 0.734. The zero-order valence-electron chi connectivity index (χ0n) is 13.1. The lowest BCUT2D eigenvalue weighted by atomic mass is 10.0. The van der Waals surface area contributed by atoms with Crippen molar-refractivity contribution in [2.45, 2.75) is 6.54 Å². The zero-order valence-corrected chi connectivity index (χ0v) is 13.1. The van der Waals surface area contributed by atoms with Crippen molar-refractivity contribution in [3.8, 4) is 16.9 Å². The van der Waals surface area contributed by atoms with Crippen LogP contribution in [0.3, 0.4) is 0 Å². The Morgan fingerprint density at radius 2 is 1.61 bits per heavy atom. The van der Waals surface area contributed by atoms with Crippen LogP contribution in [0.1, 0.15) is 5.56 Å². The van der Waals surface area contributed by atoms with Crippen LogP contribution < -0.4 is 15.6 Å². The fourth-order valence-electron chi connectivity index (χ4n) is 2.50. The molecule has 3 rings (SSSR count). The third kappa shape index (κ3) is 3.90. The number of methoxy groups -OCH3 is 1. The van der Waals surface area contributed by atoms with E-state index in [4.69, 9.17) is 4.74 Å². The van der Waals surface area contributed by atoms with Crippen molar-refractivity contribution < 1.29 is 4.74 Å². The number of hydrogen-bond donors (Lipinski definition) is 2. The van der Waals surface area contributed by atoms with Gasteiger partial charge in [-0.2, -0.15) is 0 Å². The van der Waals surface area contributed by atoms with Crippen molar-refractivity contribution in [3.63, 3.8) is 0 Å². The van der Waals surface area contributed by atoms with Gasteiger partial charge in [0.25, 0.3) is 0 Å². The lowest BCUT2D eigenvalue weighted by molar-refractivity contribution is 0.416. The molecule has 3 nitrogen and oxygen atoms in total. The van der Waals surface area contributed by atoms with Crippen LogP contribution in [0.15, 0.2) is 78.9 Å². The van der Waals surface area contributed by atoms with Gasteiger partial charge in [-0.3, -0.25) is 0 Å². The fraction of sp³-hybridized carbons (Fsp3) is 0.100. The maximum atomic E-state index is 5.45. The van der Waals surface area contributed by atoms with Crippen molar-refractivity contribution in [2.75, 3.05) is 12.5 Å². The van der Waals surface area contributed by atoms with E-state index in [9.17, 15) is 0 Å². The molecule has 0 radical (unpaired) electrons. The smallest absolute Gasteiger partial charge is 0.126 e. The molecule has 3 heteroatoms. The van der Waals surface area contributed by atoms with E-state index in [2.05, 4.69) is 41.2 Å². The molecule has 0 heterocycles. The van der Waals surface area contributed by atoms with Crippen LogP contribution in [0.2, 0.25) is 0 Å². The van der Waals surface area contributed by atoms with E-state index in [0.29, 0.717) is 0 Å². The summed E-state index contributed by atoms with van der Waals surface area (Å²) in [4.78, 5) is 0. The second-order valence-electron chi connectivity index (χ2n) is 5.25. The van der Waals surface area contributed by atoms with Gasteiger partial charge in [-0.25, -0.2) is 5.43 Å². The number of nitrogens with one attached hydrogen (secondary N) is 2. The molecule has 0 spiro atoms. The topological polar surface area (TPSA) is 33.3 Å². The number of para-hydroxylation sites is 2. The number of hydrazine groups is 1. The van der Waals surface area contributed by atoms with E-state index in [0.717, 1.165) is 29.1 Å². The minimum Gasteiger partial charge on any atom is -0.496 e. The summed E-state index contributed by atoms with van der Waals surface area (Å²) < 4.78 is 5.45. The molecule has 23 heavy (non-hydrogen) atoms. The van der Waals surface area contributed by atoms with Gasteiger partial charge in [-0.1, -0.05) is 54.6 Å². The molecule has 0 aliphatic heterocycles. The van der Waals surface area contributed by atoms with Crippen LogP contribution >= 0.6 is 0 Å². The minimum atomic E-state index is 0.734. The van der Waals surface area contributed by atoms with Crippen LogP contribution in [0, 0.1) is 0 Å².